The van der Waals surface area contributed by atoms with Gasteiger partial charge in [0.2, 0.25) is 0 Å². The molecule has 106 valence electrons. The van der Waals surface area contributed by atoms with Crippen molar-refractivity contribution in [3.63, 3.8) is 0 Å². The minimum Gasteiger partial charge on any atom is -0.484 e. The van der Waals surface area contributed by atoms with Crippen LogP contribution in [-0.4, -0.2) is 20.6 Å². The van der Waals surface area contributed by atoms with E-state index >= 15 is 0 Å². The van der Waals surface area contributed by atoms with Gasteiger partial charge in [-0.1, -0.05) is 0 Å². The SMILES string of the molecule is Cc1ccc(OCc2nccn2C)c(CNC2CC2)n1. The summed E-state index contributed by atoms with van der Waals surface area (Å²) in [6.07, 6.45) is 6.24. The Morgan fingerprint density at radius 1 is 1.40 bits per heavy atom. The Balaban J connectivity index is 1.68. The summed E-state index contributed by atoms with van der Waals surface area (Å²) >= 11 is 0. The van der Waals surface area contributed by atoms with Gasteiger partial charge >= 0.3 is 0 Å². The van der Waals surface area contributed by atoms with Crippen LogP contribution in [0.25, 0.3) is 0 Å². The number of hydrogen-bond donors (Lipinski definition) is 1. The van der Waals surface area contributed by atoms with Crippen molar-refractivity contribution in [1.29, 1.82) is 0 Å². The Kier molecular flexibility index (Phi) is 3.69. The molecule has 0 unspecified atom stereocenters. The number of nitrogens with zero attached hydrogens (tertiary/aromatic N) is 3. The molecule has 0 amide bonds. The molecule has 3 rings (SSSR count). The van der Waals surface area contributed by atoms with Gasteiger partial charge in [0.25, 0.3) is 0 Å². The van der Waals surface area contributed by atoms with E-state index in [0.717, 1.165) is 29.5 Å². The minimum atomic E-state index is 0.463. The molecule has 0 bridgehead atoms. The van der Waals surface area contributed by atoms with E-state index in [2.05, 4.69) is 15.3 Å². The molecule has 2 aromatic rings. The molecule has 1 aliphatic carbocycles. The lowest BCUT2D eigenvalue weighted by Gasteiger charge is -2.12. The fraction of sp³-hybridized carbons (Fsp3) is 0.467. The van der Waals surface area contributed by atoms with Crippen molar-refractivity contribution in [2.75, 3.05) is 0 Å². The fourth-order valence-corrected chi connectivity index (χ4v) is 2.06. The first-order valence-electron chi connectivity index (χ1n) is 7.01. The third-order valence-corrected chi connectivity index (χ3v) is 3.48. The van der Waals surface area contributed by atoms with Crippen molar-refractivity contribution in [1.82, 2.24) is 19.9 Å². The third-order valence-electron chi connectivity index (χ3n) is 3.48. The average molecular weight is 272 g/mol. The zero-order chi connectivity index (χ0) is 13.9. The van der Waals surface area contributed by atoms with E-state index in [0.29, 0.717) is 12.6 Å². The van der Waals surface area contributed by atoms with Crippen LogP contribution in [0, 0.1) is 6.92 Å². The summed E-state index contributed by atoms with van der Waals surface area (Å²) in [4.78, 5) is 8.84. The molecule has 0 radical (unpaired) electrons. The van der Waals surface area contributed by atoms with Crippen molar-refractivity contribution in [2.45, 2.75) is 39.0 Å². The molecule has 0 aliphatic heterocycles. The van der Waals surface area contributed by atoms with Gasteiger partial charge in [0.05, 0.1) is 5.69 Å². The highest BCUT2D eigenvalue weighted by Gasteiger charge is 2.21. The van der Waals surface area contributed by atoms with Crippen LogP contribution < -0.4 is 10.1 Å². The highest BCUT2D eigenvalue weighted by Crippen LogP contribution is 2.22. The molecule has 0 spiro atoms. The van der Waals surface area contributed by atoms with Gasteiger partial charge in [-0.3, -0.25) is 4.98 Å². The summed E-state index contributed by atoms with van der Waals surface area (Å²) in [7, 11) is 1.97. The maximum atomic E-state index is 5.88. The molecule has 20 heavy (non-hydrogen) atoms. The molecule has 1 N–H and O–H groups in total. The van der Waals surface area contributed by atoms with Crippen LogP contribution in [0.3, 0.4) is 0 Å². The summed E-state index contributed by atoms with van der Waals surface area (Å²) in [5.74, 6) is 1.75. The van der Waals surface area contributed by atoms with Gasteiger partial charge in [-0.25, -0.2) is 4.98 Å². The quantitative estimate of drug-likeness (QED) is 0.873. The zero-order valence-electron chi connectivity index (χ0n) is 12.0. The van der Waals surface area contributed by atoms with E-state index < -0.39 is 0 Å². The van der Waals surface area contributed by atoms with Gasteiger partial charge in [0.15, 0.2) is 0 Å². The van der Waals surface area contributed by atoms with E-state index in [1.807, 2.05) is 36.9 Å². The number of ether oxygens (including phenoxy) is 1. The number of hydrogen-bond acceptors (Lipinski definition) is 4. The van der Waals surface area contributed by atoms with Gasteiger partial charge in [-0.15, -0.1) is 0 Å². The van der Waals surface area contributed by atoms with Gasteiger partial charge < -0.3 is 14.6 Å². The summed E-state index contributed by atoms with van der Waals surface area (Å²) in [6, 6.07) is 4.64. The largest absolute Gasteiger partial charge is 0.484 e. The molecule has 1 aliphatic rings. The molecule has 0 aromatic carbocycles. The molecular formula is C15H20N4O. The van der Waals surface area contributed by atoms with Crippen molar-refractivity contribution in [3.05, 3.63) is 41.7 Å². The van der Waals surface area contributed by atoms with Crippen LogP contribution in [0.1, 0.15) is 30.1 Å². The molecular weight excluding hydrogens is 252 g/mol. The van der Waals surface area contributed by atoms with E-state index in [-0.39, 0.29) is 0 Å². The zero-order valence-corrected chi connectivity index (χ0v) is 12.0. The highest BCUT2D eigenvalue weighted by molar-refractivity contribution is 5.29. The smallest absolute Gasteiger partial charge is 0.146 e. The third kappa shape index (κ3) is 3.17. The fourth-order valence-electron chi connectivity index (χ4n) is 2.06. The first-order valence-corrected chi connectivity index (χ1v) is 7.01. The van der Waals surface area contributed by atoms with Crippen molar-refractivity contribution in [3.8, 4) is 5.75 Å². The normalized spacial score (nSPS) is 14.5. The topological polar surface area (TPSA) is 52.0 Å². The predicted molar refractivity (Wildman–Crippen MR) is 76.4 cm³/mol. The highest BCUT2D eigenvalue weighted by atomic mass is 16.5. The Hall–Kier alpha value is -1.88. The molecule has 0 saturated heterocycles. The molecule has 2 heterocycles. The van der Waals surface area contributed by atoms with Crippen LogP contribution in [0.15, 0.2) is 24.5 Å². The second-order valence-corrected chi connectivity index (χ2v) is 5.30. The van der Waals surface area contributed by atoms with E-state index in [1.54, 1.807) is 6.20 Å². The number of imidazole rings is 1. The Labute approximate surface area is 119 Å². The molecule has 0 atom stereocenters. The van der Waals surface area contributed by atoms with E-state index in [1.165, 1.54) is 12.8 Å². The first-order chi connectivity index (χ1) is 9.72. The lowest BCUT2D eigenvalue weighted by molar-refractivity contribution is 0.286. The van der Waals surface area contributed by atoms with E-state index in [9.17, 15) is 0 Å². The Morgan fingerprint density at radius 2 is 2.25 bits per heavy atom. The standard InChI is InChI=1S/C15H20N4O/c1-11-3-6-14(13(18-11)9-17-12-4-5-12)20-10-15-16-7-8-19(15)2/h3,6-8,12,17H,4-5,9-10H2,1-2H3. The van der Waals surface area contributed by atoms with Crippen LogP contribution in [0.4, 0.5) is 0 Å². The maximum absolute atomic E-state index is 5.88. The van der Waals surface area contributed by atoms with Gasteiger partial charge in [0.1, 0.15) is 18.2 Å². The van der Waals surface area contributed by atoms with Gasteiger partial charge in [-0.05, 0) is 31.9 Å². The van der Waals surface area contributed by atoms with Crippen LogP contribution in [-0.2, 0) is 20.2 Å². The lowest BCUT2D eigenvalue weighted by atomic mass is 10.3. The van der Waals surface area contributed by atoms with E-state index in [4.69, 9.17) is 4.74 Å². The maximum Gasteiger partial charge on any atom is 0.146 e. The number of pyridine rings is 1. The summed E-state index contributed by atoms with van der Waals surface area (Å²) in [6.45, 7) is 3.23. The van der Waals surface area contributed by atoms with Crippen molar-refractivity contribution < 1.29 is 4.74 Å². The summed E-state index contributed by atoms with van der Waals surface area (Å²) in [5.41, 5.74) is 1.99. The average Bonchev–Trinajstić information content (AvgIpc) is 3.18. The predicted octanol–water partition coefficient (Wildman–Crippen LogP) is 1.95. The van der Waals surface area contributed by atoms with Crippen LogP contribution in [0.2, 0.25) is 0 Å². The molecule has 1 saturated carbocycles. The summed E-state index contributed by atoms with van der Waals surface area (Å²) < 4.78 is 7.85. The van der Waals surface area contributed by atoms with Crippen LogP contribution in [0.5, 0.6) is 5.75 Å². The monoisotopic (exact) mass is 272 g/mol. The molecule has 5 heteroatoms. The second-order valence-electron chi connectivity index (χ2n) is 5.30. The number of aromatic nitrogens is 3. The summed E-state index contributed by atoms with van der Waals surface area (Å²) in [5, 5.41) is 3.48. The Bertz CT molecular complexity index is 589. The van der Waals surface area contributed by atoms with Gasteiger partial charge in [0, 0.05) is 37.7 Å². The molecule has 1 fully saturated rings. The Morgan fingerprint density at radius 3 is 2.95 bits per heavy atom. The first kappa shape index (κ1) is 13.1. The number of aryl methyl sites for hydroxylation is 2. The van der Waals surface area contributed by atoms with Gasteiger partial charge in [-0.2, -0.15) is 0 Å². The van der Waals surface area contributed by atoms with Crippen molar-refractivity contribution in [2.24, 2.45) is 7.05 Å². The number of rotatable bonds is 6. The molecule has 5 nitrogen and oxygen atoms in total. The number of nitrogens with one attached hydrogen (secondary N) is 1. The van der Waals surface area contributed by atoms with Crippen molar-refractivity contribution >= 4 is 0 Å². The minimum absolute atomic E-state index is 0.463. The van der Waals surface area contributed by atoms with Crippen LogP contribution >= 0.6 is 0 Å². The molecule has 2 aromatic heterocycles. The second kappa shape index (κ2) is 5.63. The lowest BCUT2D eigenvalue weighted by Crippen LogP contribution is -2.17.